The third kappa shape index (κ3) is 3.35. The van der Waals surface area contributed by atoms with Crippen molar-refractivity contribution in [3.8, 4) is 11.5 Å². The van der Waals surface area contributed by atoms with E-state index in [4.69, 9.17) is 4.74 Å². The minimum absolute atomic E-state index is 0.0451. The van der Waals surface area contributed by atoms with Crippen LogP contribution in [-0.4, -0.2) is 7.05 Å². The van der Waals surface area contributed by atoms with E-state index in [1.54, 1.807) is 25.2 Å². The molecule has 0 saturated heterocycles. The zero-order valence-electron chi connectivity index (χ0n) is 11.1. The number of hydrogen-bond acceptors (Lipinski definition) is 2. The van der Waals surface area contributed by atoms with Gasteiger partial charge in [0.1, 0.15) is 11.6 Å². The molecule has 0 aromatic heterocycles. The van der Waals surface area contributed by atoms with Crippen molar-refractivity contribution in [3.63, 3.8) is 0 Å². The van der Waals surface area contributed by atoms with Crippen molar-refractivity contribution in [1.29, 1.82) is 0 Å². The second-order valence-corrected chi connectivity index (χ2v) is 5.23. The van der Waals surface area contributed by atoms with E-state index in [0.717, 1.165) is 5.56 Å². The number of halogens is 3. The standard InChI is InChI=1S/C15H14BrF2NO/c1-9(19-2)10-3-6-15(14(18)7-10)20-11-4-5-12(16)13(17)8-11/h3-9,19H,1-2H3. The molecule has 5 heteroatoms. The third-order valence-corrected chi connectivity index (χ3v) is 3.65. The van der Waals surface area contributed by atoms with Crippen LogP contribution in [0.25, 0.3) is 0 Å². The van der Waals surface area contributed by atoms with Crippen molar-refractivity contribution < 1.29 is 13.5 Å². The van der Waals surface area contributed by atoms with Gasteiger partial charge in [0.05, 0.1) is 4.47 Å². The van der Waals surface area contributed by atoms with Crippen LogP contribution in [0, 0.1) is 11.6 Å². The fourth-order valence-electron chi connectivity index (χ4n) is 1.70. The highest BCUT2D eigenvalue weighted by Gasteiger charge is 2.10. The van der Waals surface area contributed by atoms with E-state index in [1.807, 2.05) is 6.92 Å². The van der Waals surface area contributed by atoms with Crippen LogP contribution in [0.15, 0.2) is 40.9 Å². The zero-order chi connectivity index (χ0) is 14.7. The first-order valence-electron chi connectivity index (χ1n) is 6.11. The van der Waals surface area contributed by atoms with E-state index in [0.29, 0.717) is 4.47 Å². The second-order valence-electron chi connectivity index (χ2n) is 4.38. The van der Waals surface area contributed by atoms with Gasteiger partial charge in [-0.2, -0.15) is 0 Å². The largest absolute Gasteiger partial charge is 0.454 e. The third-order valence-electron chi connectivity index (χ3n) is 3.01. The predicted octanol–water partition coefficient (Wildman–Crippen LogP) is 4.80. The molecule has 0 spiro atoms. The highest BCUT2D eigenvalue weighted by atomic mass is 79.9. The van der Waals surface area contributed by atoms with Gasteiger partial charge in [0.2, 0.25) is 0 Å². The lowest BCUT2D eigenvalue weighted by molar-refractivity contribution is 0.437. The van der Waals surface area contributed by atoms with Crippen LogP contribution in [0.1, 0.15) is 18.5 Å². The maximum atomic E-state index is 14.0. The maximum absolute atomic E-state index is 14.0. The van der Waals surface area contributed by atoms with Crippen LogP contribution < -0.4 is 10.1 Å². The monoisotopic (exact) mass is 341 g/mol. The number of rotatable bonds is 4. The number of hydrogen-bond donors (Lipinski definition) is 1. The Bertz CT molecular complexity index is 619. The van der Waals surface area contributed by atoms with E-state index in [2.05, 4.69) is 21.2 Å². The van der Waals surface area contributed by atoms with E-state index in [-0.39, 0.29) is 17.5 Å². The lowest BCUT2D eigenvalue weighted by Gasteiger charge is -2.13. The number of nitrogens with one attached hydrogen (secondary N) is 1. The molecule has 0 saturated carbocycles. The summed E-state index contributed by atoms with van der Waals surface area (Å²) in [7, 11) is 1.80. The fourth-order valence-corrected chi connectivity index (χ4v) is 1.95. The summed E-state index contributed by atoms with van der Waals surface area (Å²) in [5.74, 6) is -0.617. The first-order valence-corrected chi connectivity index (χ1v) is 6.90. The first-order chi connectivity index (χ1) is 9.51. The number of benzene rings is 2. The van der Waals surface area contributed by atoms with E-state index >= 15 is 0 Å². The summed E-state index contributed by atoms with van der Waals surface area (Å²) in [5.41, 5.74) is 0.819. The maximum Gasteiger partial charge on any atom is 0.166 e. The minimum atomic E-state index is -0.479. The summed E-state index contributed by atoms with van der Waals surface area (Å²) in [6, 6.07) is 9.05. The van der Waals surface area contributed by atoms with E-state index < -0.39 is 11.6 Å². The van der Waals surface area contributed by atoms with Crippen LogP contribution >= 0.6 is 15.9 Å². The van der Waals surface area contributed by atoms with Gasteiger partial charge >= 0.3 is 0 Å². The molecule has 2 rings (SSSR count). The van der Waals surface area contributed by atoms with Crippen LogP contribution in [0.4, 0.5) is 8.78 Å². The average molecular weight is 342 g/mol. The predicted molar refractivity (Wildman–Crippen MR) is 78.0 cm³/mol. The summed E-state index contributed by atoms with van der Waals surface area (Å²) < 4.78 is 33.0. The Hall–Kier alpha value is -1.46. The fraction of sp³-hybridized carbons (Fsp3) is 0.200. The highest BCUT2D eigenvalue weighted by Crippen LogP contribution is 2.29. The molecule has 1 unspecified atom stereocenters. The molecule has 1 N–H and O–H groups in total. The van der Waals surface area contributed by atoms with Crippen molar-refractivity contribution in [2.45, 2.75) is 13.0 Å². The summed E-state index contributed by atoms with van der Waals surface area (Å²) in [4.78, 5) is 0. The smallest absolute Gasteiger partial charge is 0.166 e. The van der Waals surface area contributed by atoms with Crippen LogP contribution in [0.3, 0.4) is 0 Å². The average Bonchev–Trinajstić information content (AvgIpc) is 2.44. The minimum Gasteiger partial charge on any atom is -0.454 e. The summed E-state index contributed by atoms with van der Waals surface area (Å²) >= 11 is 3.05. The Balaban J connectivity index is 2.23. The van der Waals surface area contributed by atoms with Gasteiger partial charge < -0.3 is 10.1 Å². The summed E-state index contributed by atoms with van der Waals surface area (Å²) in [6.45, 7) is 1.93. The van der Waals surface area contributed by atoms with Gasteiger partial charge in [-0.3, -0.25) is 0 Å². The van der Waals surface area contributed by atoms with Gasteiger partial charge in [-0.1, -0.05) is 6.07 Å². The molecule has 0 aliphatic rings. The Morgan fingerprint density at radius 3 is 2.45 bits per heavy atom. The molecule has 1 atom stereocenters. The lowest BCUT2D eigenvalue weighted by atomic mass is 10.1. The molecular formula is C15H14BrF2NO. The summed E-state index contributed by atoms with van der Waals surface area (Å²) in [5, 5.41) is 3.03. The van der Waals surface area contributed by atoms with Crippen molar-refractivity contribution >= 4 is 15.9 Å². The molecule has 0 bridgehead atoms. The van der Waals surface area contributed by atoms with Gasteiger partial charge in [-0.05, 0) is 59.7 Å². The van der Waals surface area contributed by atoms with Gasteiger partial charge in [0.25, 0.3) is 0 Å². The molecule has 0 fully saturated rings. The van der Waals surface area contributed by atoms with E-state index in [1.165, 1.54) is 18.2 Å². The van der Waals surface area contributed by atoms with Crippen molar-refractivity contribution in [2.24, 2.45) is 0 Å². The normalized spacial score (nSPS) is 12.2. The van der Waals surface area contributed by atoms with Crippen molar-refractivity contribution in [2.75, 3.05) is 7.05 Å². The Morgan fingerprint density at radius 2 is 1.85 bits per heavy atom. The van der Waals surface area contributed by atoms with Gasteiger partial charge in [-0.15, -0.1) is 0 Å². The zero-order valence-corrected chi connectivity index (χ0v) is 12.7. The molecule has 106 valence electrons. The van der Waals surface area contributed by atoms with Crippen LogP contribution in [0.5, 0.6) is 11.5 Å². The Kier molecular flexibility index (Phi) is 4.73. The number of ether oxygens (including phenoxy) is 1. The topological polar surface area (TPSA) is 21.3 Å². The summed E-state index contributed by atoms with van der Waals surface area (Å²) in [6.07, 6.45) is 0. The molecule has 2 nitrogen and oxygen atoms in total. The van der Waals surface area contributed by atoms with Gasteiger partial charge in [0.15, 0.2) is 11.6 Å². The van der Waals surface area contributed by atoms with Crippen LogP contribution in [0.2, 0.25) is 0 Å². The molecule has 20 heavy (non-hydrogen) atoms. The molecular weight excluding hydrogens is 328 g/mol. The second kappa shape index (κ2) is 6.33. The SMILES string of the molecule is CNC(C)c1ccc(Oc2ccc(Br)c(F)c2)c(F)c1. The quantitative estimate of drug-likeness (QED) is 0.862. The van der Waals surface area contributed by atoms with Gasteiger partial charge in [0, 0.05) is 12.1 Å². The molecule has 2 aromatic carbocycles. The van der Waals surface area contributed by atoms with E-state index in [9.17, 15) is 8.78 Å². The highest BCUT2D eigenvalue weighted by molar-refractivity contribution is 9.10. The molecule has 2 aromatic rings. The Morgan fingerprint density at radius 1 is 1.10 bits per heavy atom. The van der Waals surface area contributed by atoms with Crippen molar-refractivity contribution in [1.82, 2.24) is 5.32 Å². The van der Waals surface area contributed by atoms with Crippen LogP contribution in [-0.2, 0) is 0 Å². The van der Waals surface area contributed by atoms with Crippen molar-refractivity contribution in [3.05, 3.63) is 58.1 Å². The molecule has 0 aliphatic carbocycles. The molecule has 0 heterocycles. The first kappa shape index (κ1) is 14.9. The molecule has 0 aliphatic heterocycles. The van der Waals surface area contributed by atoms with Gasteiger partial charge in [-0.25, -0.2) is 8.78 Å². The molecule has 0 amide bonds. The molecule has 0 radical (unpaired) electrons. The Labute approximate surface area is 124 Å². The lowest BCUT2D eigenvalue weighted by Crippen LogP contribution is -2.12.